The summed E-state index contributed by atoms with van der Waals surface area (Å²) in [7, 11) is 1.98. The summed E-state index contributed by atoms with van der Waals surface area (Å²) in [6.07, 6.45) is 0.851. The summed E-state index contributed by atoms with van der Waals surface area (Å²) in [5.74, 6) is 0.890. The molecule has 0 aromatic rings. The van der Waals surface area contributed by atoms with Crippen LogP contribution in [-0.4, -0.2) is 43.8 Å². The lowest BCUT2D eigenvalue weighted by atomic mass is 9.94. The van der Waals surface area contributed by atoms with Gasteiger partial charge in [0.1, 0.15) is 0 Å². The van der Waals surface area contributed by atoms with Gasteiger partial charge in [0.15, 0.2) is 0 Å². The van der Waals surface area contributed by atoms with Crippen molar-refractivity contribution in [1.82, 2.24) is 10.2 Å². The molecule has 4 heteroatoms. The minimum Gasteiger partial charge on any atom is -0.449 e. The van der Waals surface area contributed by atoms with Crippen LogP contribution in [0.25, 0.3) is 0 Å². The van der Waals surface area contributed by atoms with Crippen molar-refractivity contribution in [2.24, 2.45) is 11.8 Å². The molecule has 2 atom stereocenters. The zero-order chi connectivity index (χ0) is 12.1. The summed E-state index contributed by atoms with van der Waals surface area (Å²) in [6.45, 7) is 8.36. The van der Waals surface area contributed by atoms with E-state index in [9.17, 15) is 4.79 Å². The molecule has 1 aliphatic heterocycles. The fraction of sp³-hybridized carbons (Fsp3) is 0.917. The minimum atomic E-state index is -0.157. The third kappa shape index (κ3) is 3.67. The summed E-state index contributed by atoms with van der Waals surface area (Å²) in [6, 6.07) is 0.522. The molecule has 1 rings (SSSR count). The molecule has 4 nitrogen and oxygen atoms in total. The van der Waals surface area contributed by atoms with Crippen molar-refractivity contribution in [3.05, 3.63) is 0 Å². The number of ether oxygens (including phenoxy) is 1. The number of rotatable bonds is 3. The van der Waals surface area contributed by atoms with E-state index in [0.717, 1.165) is 19.5 Å². The van der Waals surface area contributed by atoms with E-state index < -0.39 is 0 Å². The summed E-state index contributed by atoms with van der Waals surface area (Å²) in [5, 5.41) is 3.28. The molecule has 1 amide bonds. The molecule has 1 heterocycles. The molecule has 1 N–H and O–H groups in total. The maximum absolute atomic E-state index is 11.7. The molecule has 0 radical (unpaired) electrons. The molecule has 2 unspecified atom stereocenters. The zero-order valence-electron chi connectivity index (χ0n) is 10.8. The van der Waals surface area contributed by atoms with Gasteiger partial charge >= 0.3 is 6.09 Å². The quantitative estimate of drug-likeness (QED) is 0.799. The molecule has 0 bridgehead atoms. The van der Waals surface area contributed by atoms with Crippen molar-refractivity contribution >= 4 is 6.09 Å². The molecule has 1 aliphatic rings. The predicted octanol–water partition coefficient (Wildman–Crippen LogP) is 1.71. The van der Waals surface area contributed by atoms with Gasteiger partial charge in [0.2, 0.25) is 0 Å². The second kappa shape index (κ2) is 6.09. The van der Waals surface area contributed by atoms with Crippen LogP contribution in [0.5, 0.6) is 0 Å². The molecule has 0 spiro atoms. The molecule has 16 heavy (non-hydrogen) atoms. The van der Waals surface area contributed by atoms with Gasteiger partial charge in [-0.3, -0.25) is 0 Å². The van der Waals surface area contributed by atoms with Crippen LogP contribution in [0.4, 0.5) is 4.79 Å². The third-order valence-corrected chi connectivity index (χ3v) is 3.07. The molecule has 1 fully saturated rings. The van der Waals surface area contributed by atoms with E-state index in [4.69, 9.17) is 4.74 Å². The highest BCUT2D eigenvalue weighted by atomic mass is 16.6. The SMILES string of the molecule is CNC1CCN(C(=O)OCC(C)C)CC1C. The number of carbonyl (C=O) groups excluding carboxylic acids is 1. The normalized spacial score (nSPS) is 25.9. The Morgan fingerprint density at radius 3 is 2.75 bits per heavy atom. The minimum absolute atomic E-state index is 0.157. The first kappa shape index (κ1) is 13.3. The van der Waals surface area contributed by atoms with E-state index in [1.807, 2.05) is 25.8 Å². The predicted molar refractivity (Wildman–Crippen MR) is 64.4 cm³/mol. The molecule has 0 aliphatic carbocycles. The number of nitrogens with zero attached hydrogens (tertiary/aromatic N) is 1. The van der Waals surface area contributed by atoms with Gasteiger partial charge in [-0.2, -0.15) is 0 Å². The van der Waals surface area contributed by atoms with E-state index in [1.54, 1.807) is 0 Å². The Bertz CT molecular complexity index is 231. The maximum Gasteiger partial charge on any atom is 0.409 e. The highest BCUT2D eigenvalue weighted by Gasteiger charge is 2.28. The molecular weight excluding hydrogens is 204 g/mol. The van der Waals surface area contributed by atoms with E-state index >= 15 is 0 Å². The van der Waals surface area contributed by atoms with Gasteiger partial charge in [-0.1, -0.05) is 20.8 Å². The highest BCUT2D eigenvalue weighted by Crippen LogP contribution is 2.17. The number of hydrogen-bond donors (Lipinski definition) is 1. The third-order valence-electron chi connectivity index (χ3n) is 3.07. The number of carbonyl (C=O) groups is 1. The van der Waals surface area contributed by atoms with Gasteiger partial charge in [0.25, 0.3) is 0 Å². The first-order valence-corrected chi connectivity index (χ1v) is 6.13. The Balaban J connectivity index is 2.36. The number of hydrogen-bond acceptors (Lipinski definition) is 3. The molecule has 94 valence electrons. The van der Waals surface area contributed by atoms with Gasteiger partial charge in [0, 0.05) is 19.1 Å². The Labute approximate surface area is 98.3 Å². The standard InChI is InChI=1S/C12H24N2O2/c1-9(2)8-16-12(15)14-6-5-11(13-4)10(3)7-14/h9-11,13H,5-8H2,1-4H3. The summed E-state index contributed by atoms with van der Waals surface area (Å²) >= 11 is 0. The molecular formula is C12H24N2O2. The Kier molecular flexibility index (Phi) is 5.06. The van der Waals surface area contributed by atoms with Gasteiger partial charge in [-0.15, -0.1) is 0 Å². The van der Waals surface area contributed by atoms with Crippen LogP contribution in [0.3, 0.4) is 0 Å². The molecule has 0 saturated carbocycles. The van der Waals surface area contributed by atoms with E-state index in [0.29, 0.717) is 24.5 Å². The van der Waals surface area contributed by atoms with Gasteiger partial charge in [0.05, 0.1) is 6.61 Å². The summed E-state index contributed by atoms with van der Waals surface area (Å²) in [4.78, 5) is 13.5. The lowest BCUT2D eigenvalue weighted by molar-refractivity contribution is 0.0715. The second-order valence-corrected chi connectivity index (χ2v) is 5.08. The van der Waals surface area contributed by atoms with Crippen LogP contribution in [0, 0.1) is 11.8 Å². The van der Waals surface area contributed by atoms with Crippen molar-refractivity contribution in [3.63, 3.8) is 0 Å². The summed E-state index contributed by atoms with van der Waals surface area (Å²) in [5.41, 5.74) is 0. The lowest BCUT2D eigenvalue weighted by Crippen LogP contribution is -2.49. The first-order valence-electron chi connectivity index (χ1n) is 6.13. The molecule has 0 aromatic heterocycles. The van der Waals surface area contributed by atoms with Crippen LogP contribution >= 0.6 is 0 Å². The maximum atomic E-state index is 11.7. The number of amides is 1. The highest BCUT2D eigenvalue weighted by molar-refractivity contribution is 5.67. The topological polar surface area (TPSA) is 41.6 Å². The van der Waals surface area contributed by atoms with Crippen molar-refractivity contribution < 1.29 is 9.53 Å². The lowest BCUT2D eigenvalue weighted by Gasteiger charge is -2.36. The van der Waals surface area contributed by atoms with Crippen molar-refractivity contribution in [3.8, 4) is 0 Å². The summed E-state index contributed by atoms with van der Waals surface area (Å²) < 4.78 is 5.23. The van der Waals surface area contributed by atoms with Crippen molar-refractivity contribution in [2.45, 2.75) is 33.2 Å². The molecule has 0 aromatic carbocycles. The zero-order valence-corrected chi connectivity index (χ0v) is 10.8. The monoisotopic (exact) mass is 228 g/mol. The fourth-order valence-electron chi connectivity index (χ4n) is 2.07. The Morgan fingerprint density at radius 1 is 1.56 bits per heavy atom. The first-order chi connectivity index (χ1) is 7.54. The Hall–Kier alpha value is -0.770. The van der Waals surface area contributed by atoms with Gasteiger partial charge in [-0.25, -0.2) is 4.79 Å². The Morgan fingerprint density at radius 2 is 2.25 bits per heavy atom. The number of nitrogens with one attached hydrogen (secondary N) is 1. The van der Waals surface area contributed by atoms with Gasteiger partial charge in [-0.05, 0) is 25.3 Å². The molecule has 1 saturated heterocycles. The second-order valence-electron chi connectivity index (χ2n) is 5.08. The van der Waals surface area contributed by atoms with Crippen LogP contribution in [-0.2, 0) is 4.74 Å². The average molecular weight is 228 g/mol. The van der Waals surface area contributed by atoms with E-state index in [1.165, 1.54) is 0 Å². The smallest absolute Gasteiger partial charge is 0.409 e. The van der Waals surface area contributed by atoms with Crippen LogP contribution in [0.1, 0.15) is 27.2 Å². The number of piperidine rings is 1. The van der Waals surface area contributed by atoms with Crippen LogP contribution in [0.2, 0.25) is 0 Å². The van der Waals surface area contributed by atoms with Crippen molar-refractivity contribution in [1.29, 1.82) is 0 Å². The van der Waals surface area contributed by atoms with E-state index in [-0.39, 0.29) is 6.09 Å². The van der Waals surface area contributed by atoms with Crippen molar-refractivity contribution in [2.75, 3.05) is 26.7 Å². The average Bonchev–Trinajstić information content (AvgIpc) is 2.25. The largest absolute Gasteiger partial charge is 0.449 e. The fourth-order valence-corrected chi connectivity index (χ4v) is 2.07. The van der Waals surface area contributed by atoms with Crippen LogP contribution < -0.4 is 5.32 Å². The van der Waals surface area contributed by atoms with Crippen LogP contribution in [0.15, 0.2) is 0 Å². The van der Waals surface area contributed by atoms with Gasteiger partial charge < -0.3 is 15.0 Å². The number of likely N-dealkylation sites (tertiary alicyclic amines) is 1. The van der Waals surface area contributed by atoms with E-state index in [2.05, 4.69) is 12.2 Å².